The summed E-state index contributed by atoms with van der Waals surface area (Å²) in [6, 6.07) is -0.0959. The molecule has 74 valence electrons. The molecule has 1 unspecified atom stereocenters. The largest absolute Gasteiger partial charge is 0.469 e. The Balaban J connectivity index is 2.58. The van der Waals surface area contributed by atoms with Gasteiger partial charge in [0.1, 0.15) is 5.83 Å². The number of esters is 1. The van der Waals surface area contributed by atoms with E-state index >= 15 is 0 Å². The van der Waals surface area contributed by atoms with E-state index in [0.29, 0.717) is 12.0 Å². The summed E-state index contributed by atoms with van der Waals surface area (Å²) < 4.78 is 17.6. The van der Waals surface area contributed by atoms with Crippen molar-refractivity contribution in [3.05, 3.63) is 11.4 Å². The highest BCUT2D eigenvalue weighted by atomic mass is 19.1. The summed E-state index contributed by atoms with van der Waals surface area (Å²) in [5, 5.41) is 0. The third-order valence-corrected chi connectivity index (χ3v) is 2.23. The number of hydrogen-bond donors (Lipinski definition) is 1. The molecule has 4 heteroatoms. The van der Waals surface area contributed by atoms with Gasteiger partial charge in [0.25, 0.3) is 0 Å². The van der Waals surface area contributed by atoms with Crippen LogP contribution in [0.25, 0.3) is 0 Å². The van der Waals surface area contributed by atoms with E-state index in [1.54, 1.807) is 0 Å². The quantitative estimate of drug-likeness (QED) is 0.662. The summed E-state index contributed by atoms with van der Waals surface area (Å²) in [5.41, 5.74) is 6.11. The topological polar surface area (TPSA) is 52.3 Å². The lowest BCUT2D eigenvalue weighted by atomic mass is 9.93. The maximum atomic E-state index is 13.2. The van der Waals surface area contributed by atoms with Gasteiger partial charge in [-0.1, -0.05) is 0 Å². The molecule has 13 heavy (non-hydrogen) atoms. The average molecular weight is 187 g/mol. The van der Waals surface area contributed by atoms with Gasteiger partial charge >= 0.3 is 5.97 Å². The third-order valence-electron chi connectivity index (χ3n) is 2.23. The molecule has 1 rings (SSSR count). The fourth-order valence-electron chi connectivity index (χ4n) is 1.40. The Bertz CT molecular complexity index is 238. The molecule has 0 heterocycles. The molecule has 1 atom stereocenters. The number of rotatable bonds is 2. The molecule has 0 saturated carbocycles. The number of ether oxygens (including phenoxy) is 1. The smallest absolute Gasteiger partial charge is 0.309 e. The second-order valence-electron chi connectivity index (χ2n) is 3.26. The van der Waals surface area contributed by atoms with E-state index in [0.717, 1.165) is 6.42 Å². The van der Waals surface area contributed by atoms with Crippen LogP contribution in [0.3, 0.4) is 0 Å². The van der Waals surface area contributed by atoms with Gasteiger partial charge in [-0.15, -0.1) is 0 Å². The standard InChI is InChI=1S/C9H14FNO2/c1-13-9(12)4-6-2-3-7(11)5-8(6)10/h7H,2-5,11H2,1H3. The van der Waals surface area contributed by atoms with Crippen molar-refractivity contribution in [3.63, 3.8) is 0 Å². The zero-order chi connectivity index (χ0) is 9.84. The van der Waals surface area contributed by atoms with Crippen LogP contribution in [-0.2, 0) is 9.53 Å². The second-order valence-corrected chi connectivity index (χ2v) is 3.26. The molecule has 0 aliphatic heterocycles. The SMILES string of the molecule is COC(=O)CC1=C(F)CC(N)CC1. The van der Waals surface area contributed by atoms with Gasteiger partial charge in [0.2, 0.25) is 0 Å². The number of carbonyl (C=O) groups excluding carboxylic acids is 1. The fraction of sp³-hybridized carbons (Fsp3) is 0.667. The van der Waals surface area contributed by atoms with Crippen molar-refractivity contribution in [1.82, 2.24) is 0 Å². The zero-order valence-corrected chi connectivity index (χ0v) is 7.68. The summed E-state index contributed by atoms with van der Waals surface area (Å²) in [6.07, 6.45) is 1.64. The van der Waals surface area contributed by atoms with Crippen LogP contribution >= 0.6 is 0 Å². The summed E-state index contributed by atoms with van der Waals surface area (Å²) in [5.74, 6) is -0.621. The van der Waals surface area contributed by atoms with Crippen molar-refractivity contribution < 1.29 is 13.9 Å². The van der Waals surface area contributed by atoms with Crippen molar-refractivity contribution in [2.75, 3.05) is 7.11 Å². The van der Waals surface area contributed by atoms with Crippen molar-refractivity contribution in [3.8, 4) is 0 Å². The van der Waals surface area contributed by atoms with E-state index in [2.05, 4.69) is 4.74 Å². The molecular weight excluding hydrogens is 173 g/mol. The molecule has 0 radical (unpaired) electrons. The summed E-state index contributed by atoms with van der Waals surface area (Å²) in [7, 11) is 1.30. The third kappa shape index (κ3) is 2.81. The van der Waals surface area contributed by atoms with Gasteiger partial charge in [0.15, 0.2) is 0 Å². The van der Waals surface area contributed by atoms with E-state index < -0.39 is 0 Å². The molecule has 0 spiro atoms. The first kappa shape index (κ1) is 10.2. The Morgan fingerprint density at radius 3 is 3.00 bits per heavy atom. The molecule has 0 amide bonds. The van der Waals surface area contributed by atoms with E-state index in [1.807, 2.05) is 0 Å². The maximum absolute atomic E-state index is 13.2. The Morgan fingerprint density at radius 2 is 2.46 bits per heavy atom. The number of hydrogen-bond acceptors (Lipinski definition) is 3. The van der Waals surface area contributed by atoms with Crippen molar-refractivity contribution in [1.29, 1.82) is 0 Å². The Morgan fingerprint density at radius 1 is 1.77 bits per heavy atom. The predicted octanol–water partition coefficient (Wildman–Crippen LogP) is 1.28. The van der Waals surface area contributed by atoms with Crippen LogP contribution in [-0.4, -0.2) is 19.1 Å². The van der Waals surface area contributed by atoms with Crippen LogP contribution in [0.5, 0.6) is 0 Å². The summed E-state index contributed by atoms with van der Waals surface area (Å²) in [4.78, 5) is 10.9. The van der Waals surface area contributed by atoms with Crippen LogP contribution in [0.4, 0.5) is 4.39 Å². The lowest BCUT2D eigenvalue weighted by Gasteiger charge is -2.19. The van der Waals surface area contributed by atoms with E-state index in [1.165, 1.54) is 7.11 Å². The molecule has 0 saturated heterocycles. The van der Waals surface area contributed by atoms with Gasteiger partial charge in [-0.25, -0.2) is 4.39 Å². The monoisotopic (exact) mass is 187 g/mol. The van der Waals surface area contributed by atoms with E-state index in [-0.39, 0.29) is 30.7 Å². The lowest BCUT2D eigenvalue weighted by Crippen LogP contribution is -2.24. The van der Waals surface area contributed by atoms with Gasteiger partial charge in [-0.3, -0.25) is 4.79 Å². The summed E-state index contributed by atoms with van der Waals surface area (Å²) >= 11 is 0. The van der Waals surface area contributed by atoms with Crippen LogP contribution < -0.4 is 5.73 Å². The number of halogens is 1. The van der Waals surface area contributed by atoms with Gasteiger partial charge in [0.05, 0.1) is 13.5 Å². The molecule has 0 aromatic carbocycles. The fourth-order valence-corrected chi connectivity index (χ4v) is 1.40. The van der Waals surface area contributed by atoms with Crippen LogP contribution in [0.15, 0.2) is 11.4 Å². The highest BCUT2D eigenvalue weighted by Crippen LogP contribution is 2.27. The zero-order valence-electron chi connectivity index (χ0n) is 7.68. The highest BCUT2D eigenvalue weighted by molar-refractivity contribution is 5.72. The van der Waals surface area contributed by atoms with Crippen LogP contribution in [0, 0.1) is 0 Å². The molecule has 1 aliphatic carbocycles. The molecule has 0 aromatic heterocycles. The van der Waals surface area contributed by atoms with Crippen LogP contribution in [0.1, 0.15) is 25.7 Å². The van der Waals surface area contributed by atoms with Crippen molar-refractivity contribution >= 4 is 5.97 Å². The average Bonchev–Trinajstić information content (AvgIpc) is 2.09. The first-order valence-corrected chi connectivity index (χ1v) is 4.32. The van der Waals surface area contributed by atoms with Crippen LogP contribution in [0.2, 0.25) is 0 Å². The highest BCUT2D eigenvalue weighted by Gasteiger charge is 2.20. The number of nitrogens with two attached hydrogens (primary N) is 1. The number of carbonyl (C=O) groups is 1. The predicted molar refractivity (Wildman–Crippen MR) is 46.6 cm³/mol. The van der Waals surface area contributed by atoms with Crippen molar-refractivity contribution in [2.24, 2.45) is 5.73 Å². The minimum Gasteiger partial charge on any atom is -0.469 e. The van der Waals surface area contributed by atoms with Gasteiger partial charge in [-0.05, 0) is 18.4 Å². The molecule has 2 N–H and O–H groups in total. The molecule has 0 fully saturated rings. The van der Waals surface area contributed by atoms with E-state index in [9.17, 15) is 9.18 Å². The minimum atomic E-state index is -0.388. The Labute approximate surface area is 76.7 Å². The van der Waals surface area contributed by atoms with Crippen molar-refractivity contribution in [2.45, 2.75) is 31.7 Å². The second kappa shape index (κ2) is 4.37. The Hall–Kier alpha value is -0.900. The molecule has 3 nitrogen and oxygen atoms in total. The van der Waals surface area contributed by atoms with Gasteiger partial charge < -0.3 is 10.5 Å². The number of methoxy groups -OCH3 is 1. The molecule has 1 aliphatic rings. The normalized spacial score (nSPS) is 23.2. The van der Waals surface area contributed by atoms with E-state index in [4.69, 9.17) is 5.73 Å². The lowest BCUT2D eigenvalue weighted by molar-refractivity contribution is -0.139. The maximum Gasteiger partial charge on any atom is 0.309 e. The summed E-state index contributed by atoms with van der Waals surface area (Å²) in [6.45, 7) is 0. The first-order valence-electron chi connectivity index (χ1n) is 4.32. The molecule has 0 bridgehead atoms. The molecule has 0 aromatic rings. The molecular formula is C9H14FNO2. The van der Waals surface area contributed by atoms with Gasteiger partial charge in [-0.2, -0.15) is 0 Å². The minimum absolute atomic E-state index is 0.0645. The Kier molecular flexibility index (Phi) is 3.42. The first-order chi connectivity index (χ1) is 6.13. The van der Waals surface area contributed by atoms with Gasteiger partial charge in [0, 0.05) is 12.5 Å².